The van der Waals surface area contributed by atoms with Gasteiger partial charge in [-0.25, -0.2) is 0 Å². The van der Waals surface area contributed by atoms with Crippen LogP contribution in [0.4, 0.5) is 0 Å². The number of likely N-dealkylation sites (tertiary alicyclic amines) is 1. The molecule has 1 heterocycles. The van der Waals surface area contributed by atoms with Crippen LogP contribution < -0.4 is 0 Å². The molecule has 0 aromatic heterocycles. The first-order chi connectivity index (χ1) is 6.24. The van der Waals surface area contributed by atoms with Crippen molar-refractivity contribution in [3.05, 3.63) is 0 Å². The average Bonchev–Trinajstić information content (AvgIpc) is 2.52. The molecule has 1 aliphatic heterocycles. The summed E-state index contributed by atoms with van der Waals surface area (Å²) in [6, 6.07) is 0. The van der Waals surface area contributed by atoms with Crippen LogP contribution in [-0.4, -0.2) is 36.2 Å². The smallest absolute Gasteiger partial charge is 0.0468 e. The number of hydrogen-bond acceptors (Lipinski definition) is 2. The molecule has 0 aromatic carbocycles. The summed E-state index contributed by atoms with van der Waals surface area (Å²) in [5, 5.41) is 8.93. The highest BCUT2D eigenvalue weighted by Crippen LogP contribution is 2.45. The zero-order valence-electron chi connectivity index (χ0n) is 8.63. The number of rotatable bonds is 3. The first kappa shape index (κ1) is 9.47. The van der Waals surface area contributed by atoms with Crippen LogP contribution >= 0.6 is 0 Å². The van der Waals surface area contributed by atoms with Gasteiger partial charge in [-0.05, 0) is 24.2 Å². The van der Waals surface area contributed by atoms with Crippen molar-refractivity contribution in [3.8, 4) is 0 Å². The van der Waals surface area contributed by atoms with E-state index in [1.807, 2.05) is 0 Å². The minimum atomic E-state index is 0.337. The van der Waals surface area contributed by atoms with Crippen molar-refractivity contribution in [1.29, 1.82) is 0 Å². The molecule has 1 saturated heterocycles. The normalized spacial score (nSPS) is 29.1. The van der Waals surface area contributed by atoms with Gasteiger partial charge in [0.15, 0.2) is 0 Å². The summed E-state index contributed by atoms with van der Waals surface area (Å²) in [4.78, 5) is 2.51. The van der Waals surface area contributed by atoms with E-state index in [0.29, 0.717) is 12.5 Å². The maximum Gasteiger partial charge on any atom is 0.0468 e. The Morgan fingerprint density at radius 1 is 1.31 bits per heavy atom. The molecule has 0 aromatic rings. The van der Waals surface area contributed by atoms with Crippen molar-refractivity contribution in [2.45, 2.75) is 32.6 Å². The fourth-order valence-corrected chi connectivity index (χ4v) is 2.97. The van der Waals surface area contributed by atoms with E-state index >= 15 is 0 Å². The van der Waals surface area contributed by atoms with Crippen molar-refractivity contribution in [2.75, 3.05) is 26.2 Å². The van der Waals surface area contributed by atoms with E-state index in [1.54, 1.807) is 0 Å². The fourth-order valence-electron chi connectivity index (χ4n) is 2.97. The van der Waals surface area contributed by atoms with Gasteiger partial charge < -0.3 is 10.0 Å². The van der Waals surface area contributed by atoms with Crippen molar-refractivity contribution in [1.82, 2.24) is 4.90 Å². The van der Waals surface area contributed by atoms with Gasteiger partial charge in [0.25, 0.3) is 0 Å². The lowest BCUT2D eigenvalue weighted by atomic mass is 9.78. The quantitative estimate of drug-likeness (QED) is 0.716. The Kier molecular flexibility index (Phi) is 2.61. The van der Waals surface area contributed by atoms with E-state index in [-0.39, 0.29) is 0 Å². The standard InChI is InChI=1S/C11H21NO/c1-10(7-13)6-12-8-11(9-12)4-2-3-5-11/h10,13H,2-9H2,1H3. The molecule has 0 amide bonds. The van der Waals surface area contributed by atoms with Crippen LogP contribution in [0.5, 0.6) is 0 Å². The first-order valence-electron chi connectivity index (χ1n) is 5.57. The van der Waals surface area contributed by atoms with Crippen LogP contribution in [0.2, 0.25) is 0 Å². The highest BCUT2D eigenvalue weighted by atomic mass is 16.3. The molecule has 2 fully saturated rings. The van der Waals surface area contributed by atoms with Crippen LogP contribution in [0.25, 0.3) is 0 Å². The molecule has 1 N–H and O–H groups in total. The lowest BCUT2D eigenvalue weighted by Crippen LogP contribution is -2.56. The zero-order chi connectivity index (χ0) is 9.31. The monoisotopic (exact) mass is 183 g/mol. The van der Waals surface area contributed by atoms with Gasteiger partial charge in [-0.2, -0.15) is 0 Å². The van der Waals surface area contributed by atoms with Gasteiger partial charge >= 0.3 is 0 Å². The summed E-state index contributed by atoms with van der Waals surface area (Å²) in [6.07, 6.45) is 5.81. The van der Waals surface area contributed by atoms with E-state index in [2.05, 4.69) is 11.8 Å². The van der Waals surface area contributed by atoms with Crippen molar-refractivity contribution >= 4 is 0 Å². The van der Waals surface area contributed by atoms with Crippen molar-refractivity contribution in [3.63, 3.8) is 0 Å². The highest BCUT2D eigenvalue weighted by Gasteiger charge is 2.44. The van der Waals surface area contributed by atoms with E-state index in [1.165, 1.54) is 38.8 Å². The van der Waals surface area contributed by atoms with Gasteiger partial charge in [-0.1, -0.05) is 19.8 Å². The van der Waals surface area contributed by atoms with Crippen LogP contribution in [0, 0.1) is 11.3 Å². The molecule has 2 aliphatic rings. The summed E-state index contributed by atoms with van der Waals surface area (Å²) < 4.78 is 0. The molecule has 76 valence electrons. The second-order valence-electron chi connectivity index (χ2n) is 5.16. The molecule has 0 bridgehead atoms. The maximum absolute atomic E-state index is 8.93. The molecule has 0 radical (unpaired) electrons. The summed E-state index contributed by atoms with van der Waals surface area (Å²) in [6.45, 7) is 6.16. The van der Waals surface area contributed by atoms with Crippen molar-refractivity contribution < 1.29 is 5.11 Å². The Hall–Kier alpha value is -0.0800. The van der Waals surface area contributed by atoms with E-state index in [9.17, 15) is 0 Å². The minimum absolute atomic E-state index is 0.337. The molecule has 1 aliphatic carbocycles. The third-order valence-electron chi connectivity index (χ3n) is 3.66. The van der Waals surface area contributed by atoms with Crippen LogP contribution in [0.15, 0.2) is 0 Å². The summed E-state index contributed by atoms with van der Waals surface area (Å²) in [5.41, 5.74) is 0.717. The predicted octanol–water partition coefficient (Wildman–Crippen LogP) is 1.49. The Morgan fingerprint density at radius 2 is 1.92 bits per heavy atom. The Balaban J connectivity index is 1.71. The molecule has 2 heteroatoms. The molecule has 1 saturated carbocycles. The van der Waals surface area contributed by atoms with Crippen LogP contribution in [0.1, 0.15) is 32.6 Å². The Morgan fingerprint density at radius 3 is 2.46 bits per heavy atom. The minimum Gasteiger partial charge on any atom is -0.396 e. The molecule has 2 rings (SSSR count). The second kappa shape index (κ2) is 3.58. The molecule has 13 heavy (non-hydrogen) atoms. The SMILES string of the molecule is CC(CO)CN1CC2(CCCC2)C1. The lowest BCUT2D eigenvalue weighted by molar-refractivity contribution is -0.00862. The van der Waals surface area contributed by atoms with E-state index in [0.717, 1.165) is 12.0 Å². The number of nitrogens with zero attached hydrogens (tertiary/aromatic N) is 1. The molecule has 1 atom stereocenters. The number of aliphatic hydroxyl groups excluding tert-OH is 1. The van der Waals surface area contributed by atoms with Crippen LogP contribution in [0.3, 0.4) is 0 Å². The maximum atomic E-state index is 8.93. The van der Waals surface area contributed by atoms with E-state index in [4.69, 9.17) is 5.11 Å². The third-order valence-corrected chi connectivity index (χ3v) is 3.66. The number of hydrogen-bond donors (Lipinski definition) is 1. The third kappa shape index (κ3) is 1.89. The van der Waals surface area contributed by atoms with Gasteiger partial charge in [0.1, 0.15) is 0 Å². The summed E-state index contributed by atoms with van der Waals surface area (Å²) >= 11 is 0. The molecule has 1 unspecified atom stereocenters. The fraction of sp³-hybridized carbons (Fsp3) is 1.00. The molecular formula is C11H21NO. The zero-order valence-corrected chi connectivity index (χ0v) is 8.63. The highest BCUT2D eigenvalue weighted by molar-refractivity contribution is 4.97. The van der Waals surface area contributed by atoms with Crippen LogP contribution in [-0.2, 0) is 0 Å². The van der Waals surface area contributed by atoms with Gasteiger partial charge in [-0.15, -0.1) is 0 Å². The molecular weight excluding hydrogens is 162 g/mol. The van der Waals surface area contributed by atoms with Gasteiger partial charge in [0.2, 0.25) is 0 Å². The van der Waals surface area contributed by atoms with Gasteiger partial charge in [-0.3, -0.25) is 0 Å². The lowest BCUT2D eigenvalue weighted by Gasteiger charge is -2.49. The first-order valence-corrected chi connectivity index (χ1v) is 5.57. The Labute approximate surface area is 80.9 Å². The summed E-state index contributed by atoms with van der Waals surface area (Å²) in [5.74, 6) is 0.457. The average molecular weight is 183 g/mol. The van der Waals surface area contributed by atoms with Gasteiger partial charge in [0, 0.05) is 26.2 Å². The largest absolute Gasteiger partial charge is 0.396 e. The predicted molar refractivity (Wildman–Crippen MR) is 53.6 cm³/mol. The second-order valence-corrected chi connectivity index (χ2v) is 5.16. The van der Waals surface area contributed by atoms with Crippen molar-refractivity contribution in [2.24, 2.45) is 11.3 Å². The number of aliphatic hydroxyl groups is 1. The Bertz CT molecular complexity index is 167. The molecule has 1 spiro atoms. The molecule has 2 nitrogen and oxygen atoms in total. The van der Waals surface area contributed by atoms with E-state index < -0.39 is 0 Å². The summed E-state index contributed by atoms with van der Waals surface area (Å²) in [7, 11) is 0. The topological polar surface area (TPSA) is 23.5 Å². The van der Waals surface area contributed by atoms with Gasteiger partial charge in [0.05, 0.1) is 0 Å².